The van der Waals surface area contributed by atoms with E-state index < -0.39 is 28.7 Å². The number of nitrogens with zero attached hydrogens (tertiary/aromatic N) is 3. The van der Waals surface area contributed by atoms with Gasteiger partial charge in [-0.3, -0.25) is 19.7 Å². The third-order valence-corrected chi connectivity index (χ3v) is 5.04. The minimum atomic E-state index is -0.791. The van der Waals surface area contributed by atoms with Gasteiger partial charge in [-0.05, 0) is 42.5 Å². The monoisotopic (exact) mass is 493 g/mol. The molecule has 1 amide bonds. The van der Waals surface area contributed by atoms with E-state index in [9.17, 15) is 24.5 Å². The molecule has 12 heteroatoms. The van der Waals surface area contributed by atoms with Crippen LogP contribution in [0.25, 0.3) is 10.9 Å². The van der Waals surface area contributed by atoms with E-state index in [1.54, 1.807) is 42.5 Å². The van der Waals surface area contributed by atoms with Gasteiger partial charge in [-0.15, -0.1) is 4.68 Å². The first-order chi connectivity index (χ1) is 16.8. The van der Waals surface area contributed by atoms with Gasteiger partial charge in [-0.1, -0.05) is 23.7 Å². The maximum Gasteiger partial charge on any atom is 0.349 e. The van der Waals surface area contributed by atoms with Crippen LogP contribution in [-0.4, -0.2) is 33.3 Å². The summed E-state index contributed by atoms with van der Waals surface area (Å²) in [7, 11) is 0. The third kappa shape index (κ3) is 5.42. The number of nitro benzene ring substituents is 1. The van der Waals surface area contributed by atoms with E-state index in [2.05, 4.69) is 15.4 Å². The molecule has 0 aliphatic carbocycles. The second kappa shape index (κ2) is 10.0. The quantitative estimate of drug-likeness (QED) is 0.229. The first-order valence-electron chi connectivity index (χ1n) is 10.1. The molecule has 0 radical (unpaired) electrons. The lowest BCUT2D eigenvalue weighted by molar-refractivity contribution is -0.384. The molecule has 0 aliphatic rings. The van der Waals surface area contributed by atoms with Crippen LogP contribution < -0.4 is 21.3 Å². The number of anilines is 1. The highest BCUT2D eigenvalue weighted by Gasteiger charge is 2.13. The number of ether oxygens (including phenoxy) is 1. The average Bonchev–Trinajstić information content (AvgIpc) is 2.84. The van der Waals surface area contributed by atoms with Crippen LogP contribution in [0.3, 0.4) is 0 Å². The number of hydrogen-bond acceptors (Lipinski definition) is 7. The molecule has 1 aromatic heterocycles. The fourth-order valence-electron chi connectivity index (χ4n) is 3.13. The Morgan fingerprint density at radius 3 is 2.63 bits per heavy atom. The minimum absolute atomic E-state index is 0.0795. The lowest BCUT2D eigenvalue weighted by Crippen LogP contribution is -2.32. The van der Waals surface area contributed by atoms with Gasteiger partial charge < -0.3 is 15.0 Å². The van der Waals surface area contributed by atoms with E-state index in [1.807, 2.05) is 0 Å². The van der Waals surface area contributed by atoms with Crippen molar-refractivity contribution in [1.29, 1.82) is 0 Å². The Bertz CT molecular complexity index is 1580. The Kier molecular flexibility index (Phi) is 6.69. The predicted octanol–water partition coefficient (Wildman–Crippen LogP) is 3.15. The van der Waals surface area contributed by atoms with E-state index in [0.29, 0.717) is 20.9 Å². The van der Waals surface area contributed by atoms with Crippen LogP contribution in [0.5, 0.6) is 5.75 Å². The summed E-state index contributed by atoms with van der Waals surface area (Å²) >= 11 is 5.82. The lowest BCUT2D eigenvalue weighted by atomic mass is 10.2. The number of carbonyl (C=O) groups excluding carboxylic acids is 1. The molecule has 11 nitrogen and oxygen atoms in total. The highest BCUT2D eigenvalue weighted by atomic mass is 35.5. The van der Waals surface area contributed by atoms with Crippen LogP contribution in [-0.2, 0) is 4.79 Å². The van der Waals surface area contributed by atoms with Gasteiger partial charge in [0.1, 0.15) is 5.75 Å². The molecule has 0 fully saturated rings. The van der Waals surface area contributed by atoms with Gasteiger partial charge in [0.2, 0.25) is 0 Å². The Morgan fingerprint density at radius 2 is 1.89 bits per heavy atom. The van der Waals surface area contributed by atoms with Gasteiger partial charge in [0.05, 0.1) is 22.0 Å². The largest absolute Gasteiger partial charge is 0.483 e. The van der Waals surface area contributed by atoms with E-state index in [1.165, 1.54) is 18.2 Å². The Morgan fingerprint density at radius 1 is 1.14 bits per heavy atom. The smallest absolute Gasteiger partial charge is 0.349 e. The number of aromatic amines is 1. The van der Waals surface area contributed by atoms with Crippen molar-refractivity contribution in [3.8, 4) is 5.75 Å². The second-order valence-corrected chi connectivity index (χ2v) is 7.60. The van der Waals surface area contributed by atoms with Gasteiger partial charge in [-0.25, -0.2) is 4.79 Å². The normalized spacial score (nSPS) is 11.0. The van der Waals surface area contributed by atoms with Crippen LogP contribution in [0, 0.1) is 10.1 Å². The number of para-hydroxylation sites is 1. The van der Waals surface area contributed by atoms with Crippen molar-refractivity contribution >= 4 is 46.0 Å². The van der Waals surface area contributed by atoms with Crippen molar-refractivity contribution < 1.29 is 14.5 Å². The number of hydrogen-bond donors (Lipinski definition) is 2. The summed E-state index contributed by atoms with van der Waals surface area (Å²) in [6.45, 7) is -0.419. The van der Waals surface area contributed by atoms with Gasteiger partial charge in [0.25, 0.3) is 17.2 Å². The SMILES string of the molecule is O=C(COc1ccc([N+](=O)[O-])cc1C=Nn1c(=O)[nH]c2ccccc2c1=O)Nc1ccc(Cl)cc1. The number of non-ortho nitro benzene ring substituents is 1. The molecule has 0 unspecified atom stereocenters. The fourth-order valence-corrected chi connectivity index (χ4v) is 3.26. The number of fused-ring (bicyclic) bond motifs is 1. The molecule has 4 aromatic rings. The molecule has 4 rings (SSSR count). The van der Waals surface area contributed by atoms with Crippen LogP contribution in [0.1, 0.15) is 5.56 Å². The van der Waals surface area contributed by atoms with Gasteiger partial charge >= 0.3 is 5.69 Å². The maximum absolute atomic E-state index is 12.7. The number of rotatable bonds is 7. The number of H-pyrrole nitrogens is 1. The van der Waals surface area contributed by atoms with Crippen molar-refractivity contribution in [2.45, 2.75) is 0 Å². The third-order valence-electron chi connectivity index (χ3n) is 4.79. The van der Waals surface area contributed by atoms with E-state index >= 15 is 0 Å². The topological polar surface area (TPSA) is 149 Å². The highest BCUT2D eigenvalue weighted by molar-refractivity contribution is 6.30. The zero-order valence-electron chi connectivity index (χ0n) is 17.8. The van der Waals surface area contributed by atoms with Crippen LogP contribution in [0.4, 0.5) is 11.4 Å². The van der Waals surface area contributed by atoms with Crippen molar-refractivity contribution in [2.75, 3.05) is 11.9 Å². The lowest BCUT2D eigenvalue weighted by Gasteiger charge is -2.10. The Hall–Kier alpha value is -4.77. The first-order valence-corrected chi connectivity index (χ1v) is 10.4. The van der Waals surface area contributed by atoms with Gasteiger partial charge in [-0.2, -0.15) is 5.10 Å². The molecule has 176 valence electrons. The second-order valence-electron chi connectivity index (χ2n) is 7.16. The molecule has 0 atom stereocenters. The number of aromatic nitrogens is 2. The Labute approximate surface area is 201 Å². The Balaban J connectivity index is 1.60. The van der Waals surface area contributed by atoms with Crippen LogP contribution in [0.2, 0.25) is 5.02 Å². The van der Waals surface area contributed by atoms with Crippen molar-refractivity contribution in [3.05, 3.63) is 108 Å². The molecule has 0 saturated heterocycles. The number of halogens is 1. The summed E-state index contributed by atoms with van der Waals surface area (Å²) in [5, 5.41) is 18.5. The highest BCUT2D eigenvalue weighted by Crippen LogP contribution is 2.23. The van der Waals surface area contributed by atoms with E-state index in [-0.39, 0.29) is 22.4 Å². The molecular formula is C23H16ClN5O6. The number of nitro groups is 1. The maximum atomic E-state index is 12.7. The van der Waals surface area contributed by atoms with Gasteiger partial charge in [0, 0.05) is 28.4 Å². The summed E-state index contributed by atoms with van der Waals surface area (Å²) in [6, 6.07) is 16.5. The molecule has 0 saturated carbocycles. The van der Waals surface area contributed by atoms with E-state index in [4.69, 9.17) is 16.3 Å². The standard InChI is InChI=1S/C23H16ClN5O6/c24-15-5-7-16(8-6-15)26-21(30)13-35-20-10-9-17(29(33)34)11-14(20)12-25-28-22(31)18-3-1-2-4-19(18)27-23(28)32/h1-12H,13H2,(H,26,30)(H,27,32). The number of amides is 1. The zero-order valence-corrected chi connectivity index (χ0v) is 18.6. The summed E-state index contributed by atoms with van der Waals surface area (Å²) in [6.07, 6.45) is 1.07. The summed E-state index contributed by atoms with van der Waals surface area (Å²) in [5.74, 6) is -0.411. The van der Waals surface area contributed by atoms with Crippen molar-refractivity contribution in [3.63, 3.8) is 0 Å². The molecule has 3 aromatic carbocycles. The minimum Gasteiger partial charge on any atom is -0.483 e. The average molecular weight is 494 g/mol. The van der Waals surface area contributed by atoms with Gasteiger partial charge in [0.15, 0.2) is 6.61 Å². The van der Waals surface area contributed by atoms with Crippen molar-refractivity contribution in [1.82, 2.24) is 9.66 Å². The molecule has 2 N–H and O–H groups in total. The van der Waals surface area contributed by atoms with Crippen LogP contribution >= 0.6 is 11.6 Å². The first kappa shape index (κ1) is 23.4. The number of nitrogens with one attached hydrogen (secondary N) is 2. The molecular weight excluding hydrogens is 478 g/mol. The fraction of sp³-hybridized carbons (Fsp3) is 0.0435. The molecule has 0 aliphatic heterocycles. The number of carbonyl (C=O) groups is 1. The van der Waals surface area contributed by atoms with Crippen molar-refractivity contribution in [2.24, 2.45) is 5.10 Å². The molecule has 1 heterocycles. The molecule has 35 heavy (non-hydrogen) atoms. The predicted molar refractivity (Wildman–Crippen MR) is 130 cm³/mol. The molecule has 0 bridgehead atoms. The summed E-state index contributed by atoms with van der Waals surface area (Å²) in [4.78, 5) is 50.4. The summed E-state index contributed by atoms with van der Waals surface area (Å²) in [5.41, 5.74) is -0.804. The zero-order chi connectivity index (χ0) is 24.9. The summed E-state index contributed by atoms with van der Waals surface area (Å²) < 4.78 is 6.12. The van der Waals surface area contributed by atoms with E-state index in [0.717, 1.165) is 12.3 Å². The molecule has 0 spiro atoms. The number of benzene rings is 3. The van der Waals surface area contributed by atoms with Crippen LogP contribution in [0.15, 0.2) is 81.4 Å².